The van der Waals surface area contributed by atoms with E-state index in [1.807, 2.05) is 12.1 Å². The Morgan fingerprint density at radius 2 is 1.69 bits per heavy atom. The van der Waals surface area contributed by atoms with Crippen LogP contribution in [0.5, 0.6) is 0 Å². The summed E-state index contributed by atoms with van der Waals surface area (Å²) in [6.45, 7) is 0. The van der Waals surface area contributed by atoms with Crippen molar-refractivity contribution in [2.24, 2.45) is 0 Å². The third kappa shape index (κ3) is 5.14. The summed E-state index contributed by atoms with van der Waals surface area (Å²) in [4.78, 5) is 24.3. The number of hydrogen-bond donors (Lipinski definition) is 1. The van der Waals surface area contributed by atoms with Gasteiger partial charge in [-0.25, -0.2) is 0 Å². The van der Waals surface area contributed by atoms with Crippen molar-refractivity contribution in [2.45, 2.75) is 4.34 Å². The minimum Gasteiger partial charge on any atom is -0.296 e. The summed E-state index contributed by atoms with van der Waals surface area (Å²) in [7, 11) is 0. The van der Waals surface area contributed by atoms with Crippen molar-refractivity contribution < 1.29 is 9.59 Å². The number of nitrogens with zero attached hydrogens (tertiary/aromatic N) is 2. The molecule has 132 valence electrons. The van der Waals surface area contributed by atoms with Gasteiger partial charge in [0.1, 0.15) is 0 Å². The van der Waals surface area contributed by atoms with Crippen LogP contribution in [0, 0.1) is 0 Å². The van der Waals surface area contributed by atoms with Gasteiger partial charge in [-0.3, -0.25) is 14.9 Å². The normalized spacial score (nSPS) is 10.5. The van der Waals surface area contributed by atoms with E-state index in [1.165, 1.54) is 23.1 Å². The zero-order valence-electron chi connectivity index (χ0n) is 13.1. The van der Waals surface area contributed by atoms with E-state index in [0.29, 0.717) is 25.6 Å². The predicted molar refractivity (Wildman–Crippen MR) is 109 cm³/mol. The Morgan fingerprint density at radius 3 is 2.38 bits per heavy atom. The highest BCUT2D eigenvalue weighted by Crippen LogP contribution is 2.26. The first-order chi connectivity index (χ1) is 12.5. The van der Waals surface area contributed by atoms with Gasteiger partial charge in [0.2, 0.25) is 5.13 Å². The molecule has 3 rings (SSSR count). The summed E-state index contributed by atoms with van der Waals surface area (Å²) in [5.74, 6) is -0.0359. The van der Waals surface area contributed by atoms with Crippen LogP contribution in [0.3, 0.4) is 0 Å². The van der Waals surface area contributed by atoms with E-state index in [0.717, 1.165) is 4.47 Å². The number of carbonyl (C=O) groups excluding carboxylic acids is 2. The van der Waals surface area contributed by atoms with Crippen LogP contribution in [-0.4, -0.2) is 27.6 Å². The van der Waals surface area contributed by atoms with Crippen molar-refractivity contribution in [2.75, 3.05) is 11.1 Å². The zero-order valence-corrected chi connectivity index (χ0v) is 17.1. The Morgan fingerprint density at radius 1 is 1.04 bits per heavy atom. The average molecular weight is 469 g/mol. The molecule has 0 unspecified atom stereocenters. The van der Waals surface area contributed by atoms with Gasteiger partial charge in [-0.1, -0.05) is 62.8 Å². The fraction of sp³-hybridized carbons (Fsp3) is 0.0588. The van der Waals surface area contributed by atoms with Crippen molar-refractivity contribution >= 4 is 67.5 Å². The molecule has 3 aromatic rings. The topological polar surface area (TPSA) is 72.0 Å². The first-order valence-electron chi connectivity index (χ1n) is 7.33. The Bertz CT molecular complexity index is 930. The van der Waals surface area contributed by atoms with Crippen molar-refractivity contribution in [1.29, 1.82) is 0 Å². The monoisotopic (exact) mass is 467 g/mol. The second-order valence-corrected chi connectivity index (χ2v) is 8.60. The molecule has 2 aromatic carbocycles. The molecule has 26 heavy (non-hydrogen) atoms. The summed E-state index contributed by atoms with van der Waals surface area (Å²) in [5, 5.41) is 11.5. The summed E-state index contributed by atoms with van der Waals surface area (Å²) < 4.78 is 1.54. The van der Waals surface area contributed by atoms with Crippen LogP contribution >= 0.6 is 50.6 Å². The molecule has 1 N–H and O–H groups in total. The van der Waals surface area contributed by atoms with Crippen LogP contribution in [0.2, 0.25) is 5.02 Å². The number of amides is 1. The maximum atomic E-state index is 12.2. The van der Waals surface area contributed by atoms with E-state index in [-0.39, 0.29) is 17.4 Å². The molecular formula is C17H11BrClN3O2S2. The number of aromatic nitrogens is 2. The first-order valence-corrected chi connectivity index (χ1v) is 10.3. The van der Waals surface area contributed by atoms with Crippen LogP contribution in [0.4, 0.5) is 5.13 Å². The maximum Gasteiger partial charge on any atom is 0.257 e. The van der Waals surface area contributed by atoms with Crippen LogP contribution in [0.1, 0.15) is 20.7 Å². The summed E-state index contributed by atoms with van der Waals surface area (Å²) >= 11 is 11.7. The molecule has 1 aromatic heterocycles. The molecule has 1 heterocycles. The second kappa shape index (κ2) is 8.77. The highest BCUT2D eigenvalue weighted by Gasteiger charge is 2.12. The lowest BCUT2D eigenvalue weighted by Gasteiger charge is -2.00. The summed E-state index contributed by atoms with van der Waals surface area (Å²) in [6, 6.07) is 13.7. The van der Waals surface area contributed by atoms with Crippen LogP contribution < -0.4 is 5.32 Å². The van der Waals surface area contributed by atoms with E-state index in [4.69, 9.17) is 11.6 Å². The number of rotatable bonds is 6. The highest BCUT2D eigenvalue weighted by molar-refractivity contribution is 9.10. The molecule has 0 saturated carbocycles. The molecular weight excluding hydrogens is 458 g/mol. The summed E-state index contributed by atoms with van der Waals surface area (Å²) in [5.41, 5.74) is 1.12. The Kier molecular flexibility index (Phi) is 6.42. The van der Waals surface area contributed by atoms with E-state index in [9.17, 15) is 9.59 Å². The minimum atomic E-state index is -0.291. The quantitative estimate of drug-likeness (QED) is 0.306. The molecule has 0 aliphatic rings. The number of thioether (sulfide) groups is 1. The average Bonchev–Trinajstić information content (AvgIpc) is 3.08. The largest absolute Gasteiger partial charge is 0.296 e. The molecule has 0 radical (unpaired) electrons. The number of benzene rings is 2. The van der Waals surface area contributed by atoms with E-state index >= 15 is 0 Å². The number of Topliss-reactive ketones (excluding diaryl/α,β-unsaturated/α-hetero) is 1. The third-order valence-corrected chi connectivity index (χ3v) is 5.98. The molecule has 0 saturated heterocycles. The smallest absolute Gasteiger partial charge is 0.257 e. The van der Waals surface area contributed by atoms with Crippen LogP contribution in [-0.2, 0) is 0 Å². The van der Waals surface area contributed by atoms with Gasteiger partial charge in [0.25, 0.3) is 5.91 Å². The van der Waals surface area contributed by atoms with Crippen LogP contribution in [0.15, 0.2) is 57.3 Å². The number of hydrogen-bond acceptors (Lipinski definition) is 6. The van der Waals surface area contributed by atoms with Crippen molar-refractivity contribution in [1.82, 2.24) is 10.2 Å². The SMILES string of the molecule is O=C(CSc1nnc(NC(=O)c2ccc(Cl)cc2)s1)c1ccc(Br)cc1. The van der Waals surface area contributed by atoms with Gasteiger partial charge in [-0.05, 0) is 36.4 Å². The molecule has 0 spiro atoms. The Labute approximate surface area is 171 Å². The van der Waals surface area contributed by atoms with Crippen molar-refractivity contribution in [3.8, 4) is 0 Å². The fourth-order valence-corrected chi connectivity index (χ4v) is 3.97. The van der Waals surface area contributed by atoms with Gasteiger partial charge in [-0.15, -0.1) is 10.2 Å². The van der Waals surface area contributed by atoms with Gasteiger partial charge in [0, 0.05) is 20.6 Å². The van der Waals surface area contributed by atoms with Crippen molar-refractivity contribution in [3.05, 3.63) is 69.2 Å². The predicted octanol–water partition coefficient (Wildman–Crippen LogP) is 5.18. The molecule has 5 nitrogen and oxygen atoms in total. The summed E-state index contributed by atoms with van der Waals surface area (Å²) in [6.07, 6.45) is 0. The standard InChI is InChI=1S/C17H11BrClN3O2S2/c18-12-5-1-10(2-6-12)14(23)9-25-17-22-21-16(26-17)20-15(24)11-3-7-13(19)8-4-11/h1-8H,9H2,(H,20,21,24). The fourth-order valence-electron chi connectivity index (χ4n) is 1.94. The van der Waals surface area contributed by atoms with Gasteiger partial charge in [-0.2, -0.15) is 0 Å². The molecule has 0 aliphatic heterocycles. The Hall–Kier alpha value is -1.74. The molecule has 0 atom stereocenters. The van der Waals surface area contributed by atoms with E-state index in [2.05, 4.69) is 31.4 Å². The lowest BCUT2D eigenvalue weighted by molar-refractivity contribution is 0.101. The zero-order chi connectivity index (χ0) is 18.5. The van der Waals surface area contributed by atoms with Crippen LogP contribution in [0.25, 0.3) is 0 Å². The van der Waals surface area contributed by atoms with Gasteiger partial charge in [0.05, 0.1) is 5.75 Å². The number of carbonyl (C=O) groups is 2. The lowest BCUT2D eigenvalue weighted by atomic mass is 10.2. The number of nitrogens with one attached hydrogen (secondary N) is 1. The maximum absolute atomic E-state index is 12.2. The second-order valence-electron chi connectivity index (χ2n) is 5.05. The third-order valence-electron chi connectivity index (χ3n) is 3.23. The van der Waals surface area contributed by atoms with Gasteiger partial charge >= 0.3 is 0 Å². The lowest BCUT2D eigenvalue weighted by Crippen LogP contribution is -2.11. The minimum absolute atomic E-state index is 0.00412. The first kappa shape index (κ1) is 19.0. The molecule has 0 bridgehead atoms. The molecule has 9 heteroatoms. The molecule has 0 fully saturated rings. The van der Waals surface area contributed by atoms with E-state index < -0.39 is 0 Å². The van der Waals surface area contributed by atoms with Crippen molar-refractivity contribution in [3.63, 3.8) is 0 Å². The molecule has 1 amide bonds. The number of ketones is 1. The van der Waals surface area contributed by atoms with E-state index in [1.54, 1.807) is 36.4 Å². The highest BCUT2D eigenvalue weighted by atomic mass is 79.9. The molecule has 0 aliphatic carbocycles. The number of anilines is 1. The van der Waals surface area contributed by atoms with Gasteiger partial charge in [0.15, 0.2) is 10.1 Å². The Balaban J connectivity index is 1.56. The number of halogens is 2. The van der Waals surface area contributed by atoms with Gasteiger partial charge < -0.3 is 0 Å².